The molecule has 0 bridgehead atoms. The second-order valence-electron chi connectivity index (χ2n) is 4.78. The predicted molar refractivity (Wildman–Crippen MR) is 67.3 cm³/mol. The van der Waals surface area contributed by atoms with E-state index in [9.17, 15) is 0 Å². The maximum absolute atomic E-state index is 4.66. The average Bonchev–Trinajstić information content (AvgIpc) is 2.90. The Balaban J connectivity index is 1.99. The SMILES string of the molecule is CCCC1(c2nn3cnnc3s2)CCCNC1. The van der Waals surface area contributed by atoms with Crippen LogP contribution in [0.5, 0.6) is 0 Å². The van der Waals surface area contributed by atoms with Crippen LogP contribution in [-0.4, -0.2) is 32.9 Å². The lowest BCUT2D eigenvalue weighted by atomic mass is 9.77. The molecule has 17 heavy (non-hydrogen) atoms. The van der Waals surface area contributed by atoms with Gasteiger partial charge in [-0.05, 0) is 25.8 Å². The summed E-state index contributed by atoms with van der Waals surface area (Å²) in [5.41, 5.74) is 0.221. The molecule has 0 saturated carbocycles. The molecule has 0 amide bonds. The van der Waals surface area contributed by atoms with Crippen molar-refractivity contribution in [1.29, 1.82) is 0 Å². The van der Waals surface area contributed by atoms with Gasteiger partial charge < -0.3 is 5.32 Å². The van der Waals surface area contributed by atoms with Gasteiger partial charge in [0.2, 0.25) is 4.96 Å². The molecule has 1 atom stereocenters. The smallest absolute Gasteiger partial charge is 0.234 e. The van der Waals surface area contributed by atoms with Crippen molar-refractivity contribution in [2.75, 3.05) is 13.1 Å². The first-order valence-corrected chi connectivity index (χ1v) is 7.04. The van der Waals surface area contributed by atoms with Crippen molar-refractivity contribution >= 4 is 16.3 Å². The summed E-state index contributed by atoms with van der Waals surface area (Å²) < 4.78 is 1.80. The highest BCUT2D eigenvalue weighted by molar-refractivity contribution is 7.16. The maximum Gasteiger partial charge on any atom is 0.234 e. The van der Waals surface area contributed by atoms with Crippen LogP contribution in [-0.2, 0) is 5.41 Å². The minimum Gasteiger partial charge on any atom is -0.316 e. The van der Waals surface area contributed by atoms with Crippen molar-refractivity contribution in [2.45, 2.75) is 38.0 Å². The fourth-order valence-corrected chi connectivity index (χ4v) is 3.79. The molecule has 1 aliphatic rings. The second kappa shape index (κ2) is 4.34. The number of hydrogen-bond donors (Lipinski definition) is 1. The summed E-state index contributed by atoms with van der Waals surface area (Å²) >= 11 is 1.69. The summed E-state index contributed by atoms with van der Waals surface area (Å²) in [5, 5.41) is 17.3. The number of rotatable bonds is 3. The van der Waals surface area contributed by atoms with E-state index >= 15 is 0 Å². The third-order valence-electron chi connectivity index (χ3n) is 3.54. The van der Waals surface area contributed by atoms with Crippen LogP contribution in [0.2, 0.25) is 0 Å². The van der Waals surface area contributed by atoms with Gasteiger partial charge in [0.15, 0.2) is 0 Å². The Morgan fingerprint density at radius 3 is 3.24 bits per heavy atom. The Hall–Kier alpha value is -1.01. The second-order valence-corrected chi connectivity index (χ2v) is 5.73. The number of nitrogens with zero attached hydrogens (tertiary/aromatic N) is 4. The Morgan fingerprint density at radius 1 is 1.59 bits per heavy atom. The zero-order chi connectivity index (χ0) is 11.7. The van der Waals surface area contributed by atoms with Crippen LogP contribution in [0.1, 0.15) is 37.6 Å². The molecule has 1 fully saturated rings. The van der Waals surface area contributed by atoms with Crippen LogP contribution < -0.4 is 5.32 Å². The first kappa shape index (κ1) is 11.1. The molecule has 0 spiro atoms. The van der Waals surface area contributed by atoms with Gasteiger partial charge >= 0.3 is 0 Å². The largest absolute Gasteiger partial charge is 0.316 e. The average molecular weight is 251 g/mol. The predicted octanol–water partition coefficient (Wildman–Crippen LogP) is 1.61. The molecule has 3 heterocycles. The summed E-state index contributed by atoms with van der Waals surface area (Å²) in [7, 11) is 0. The lowest BCUT2D eigenvalue weighted by Gasteiger charge is -2.35. The van der Waals surface area contributed by atoms with Crippen LogP contribution in [0, 0.1) is 0 Å². The molecule has 1 N–H and O–H groups in total. The van der Waals surface area contributed by atoms with Crippen molar-refractivity contribution in [3.63, 3.8) is 0 Å². The van der Waals surface area contributed by atoms with Gasteiger partial charge in [-0.1, -0.05) is 24.7 Å². The van der Waals surface area contributed by atoms with Gasteiger partial charge in [-0.25, -0.2) is 0 Å². The number of aromatic nitrogens is 4. The molecule has 1 aliphatic heterocycles. The van der Waals surface area contributed by atoms with E-state index in [4.69, 9.17) is 0 Å². The van der Waals surface area contributed by atoms with E-state index < -0.39 is 0 Å². The normalized spacial score (nSPS) is 25.5. The minimum absolute atomic E-state index is 0.221. The number of piperidine rings is 1. The van der Waals surface area contributed by atoms with Gasteiger partial charge in [-0.2, -0.15) is 9.61 Å². The molecule has 2 aromatic heterocycles. The monoisotopic (exact) mass is 251 g/mol. The lowest BCUT2D eigenvalue weighted by molar-refractivity contribution is 0.287. The van der Waals surface area contributed by atoms with E-state index in [0.717, 1.165) is 18.1 Å². The Morgan fingerprint density at radius 2 is 2.53 bits per heavy atom. The summed E-state index contributed by atoms with van der Waals surface area (Å²) in [5.74, 6) is 0. The minimum atomic E-state index is 0.221. The summed E-state index contributed by atoms with van der Waals surface area (Å²) in [6, 6.07) is 0. The lowest BCUT2D eigenvalue weighted by Crippen LogP contribution is -2.43. The van der Waals surface area contributed by atoms with Crippen LogP contribution in [0.3, 0.4) is 0 Å². The highest BCUT2D eigenvalue weighted by Gasteiger charge is 2.36. The quantitative estimate of drug-likeness (QED) is 0.900. The van der Waals surface area contributed by atoms with E-state index in [1.54, 1.807) is 22.2 Å². The maximum atomic E-state index is 4.66. The first-order chi connectivity index (χ1) is 8.34. The fraction of sp³-hybridized carbons (Fsp3) is 0.727. The zero-order valence-corrected chi connectivity index (χ0v) is 10.8. The highest BCUT2D eigenvalue weighted by atomic mass is 32.1. The first-order valence-electron chi connectivity index (χ1n) is 6.22. The molecular formula is C11H17N5S. The molecule has 1 unspecified atom stereocenters. The molecule has 3 rings (SSSR count). The van der Waals surface area contributed by atoms with Gasteiger partial charge in [0, 0.05) is 12.0 Å². The fourth-order valence-electron chi connectivity index (χ4n) is 2.72. The zero-order valence-electron chi connectivity index (χ0n) is 10.0. The van der Waals surface area contributed by atoms with E-state index in [0.29, 0.717) is 0 Å². The third kappa shape index (κ3) is 1.85. The van der Waals surface area contributed by atoms with Crippen LogP contribution in [0.25, 0.3) is 4.96 Å². The van der Waals surface area contributed by atoms with E-state index in [1.165, 1.54) is 30.7 Å². The molecule has 0 aromatic carbocycles. The van der Waals surface area contributed by atoms with Crippen molar-refractivity contribution in [2.24, 2.45) is 0 Å². The molecule has 0 radical (unpaired) electrons. The van der Waals surface area contributed by atoms with E-state index in [1.807, 2.05) is 0 Å². The molecule has 2 aromatic rings. The van der Waals surface area contributed by atoms with E-state index in [-0.39, 0.29) is 5.41 Å². The highest BCUT2D eigenvalue weighted by Crippen LogP contribution is 2.37. The van der Waals surface area contributed by atoms with E-state index in [2.05, 4.69) is 27.5 Å². The Kier molecular flexibility index (Phi) is 2.84. The third-order valence-corrected chi connectivity index (χ3v) is 4.70. The summed E-state index contributed by atoms with van der Waals surface area (Å²) in [6.45, 7) is 4.43. The van der Waals surface area contributed by atoms with Gasteiger partial charge in [-0.15, -0.1) is 10.2 Å². The van der Waals surface area contributed by atoms with Crippen molar-refractivity contribution in [3.05, 3.63) is 11.3 Å². The van der Waals surface area contributed by atoms with Gasteiger partial charge in [0.1, 0.15) is 11.3 Å². The molecule has 0 aliphatic carbocycles. The van der Waals surface area contributed by atoms with Crippen molar-refractivity contribution < 1.29 is 0 Å². The number of fused-ring (bicyclic) bond motifs is 1. The van der Waals surface area contributed by atoms with Crippen LogP contribution in [0.4, 0.5) is 0 Å². The van der Waals surface area contributed by atoms with Crippen LogP contribution >= 0.6 is 11.3 Å². The standard InChI is InChI=1S/C11H17N5S/c1-2-4-11(5-3-6-12-7-11)9-15-16-8-13-14-10(16)17-9/h8,12H,2-7H2,1H3. The van der Waals surface area contributed by atoms with Gasteiger partial charge in [0.05, 0.1) is 0 Å². The van der Waals surface area contributed by atoms with Crippen molar-refractivity contribution in [1.82, 2.24) is 25.1 Å². The molecular weight excluding hydrogens is 234 g/mol. The Bertz CT molecular complexity index is 463. The molecule has 6 heteroatoms. The van der Waals surface area contributed by atoms with Gasteiger partial charge in [0.25, 0.3) is 0 Å². The molecule has 1 saturated heterocycles. The summed E-state index contributed by atoms with van der Waals surface area (Å²) in [4.78, 5) is 0.904. The molecule has 5 nitrogen and oxygen atoms in total. The number of nitrogens with one attached hydrogen (secondary N) is 1. The van der Waals surface area contributed by atoms with Gasteiger partial charge in [-0.3, -0.25) is 0 Å². The van der Waals surface area contributed by atoms with Crippen LogP contribution in [0.15, 0.2) is 6.33 Å². The number of hydrogen-bond acceptors (Lipinski definition) is 5. The van der Waals surface area contributed by atoms with Crippen molar-refractivity contribution in [3.8, 4) is 0 Å². The summed E-state index contributed by atoms with van der Waals surface area (Å²) in [6.07, 6.45) is 6.55. The topological polar surface area (TPSA) is 55.1 Å². The molecule has 92 valence electrons. The Labute approximate surface area is 104 Å².